The predicted molar refractivity (Wildman–Crippen MR) is 144 cm³/mol. The average molecular weight is 569 g/mol. The van der Waals surface area contributed by atoms with Gasteiger partial charge in [-0.05, 0) is 66.3 Å². The minimum absolute atomic E-state index is 0.0106. The molecule has 2 aromatic carbocycles. The fourth-order valence-electron chi connectivity index (χ4n) is 6.35. The summed E-state index contributed by atoms with van der Waals surface area (Å²) in [4.78, 5) is 23.8. The van der Waals surface area contributed by atoms with Crippen molar-refractivity contribution < 1.29 is 13.6 Å². The third-order valence-corrected chi connectivity index (χ3v) is 9.15. The molecule has 2 unspecified atom stereocenters. The number of fused-ring (bicyclic) bond motifs is 3. The molecular formula is C30H32BrF2N3O. The molecule has 0 radical (unpaired) electrons. The molecule has 1 amide bonds. The second kappa shape index (κ2) is 8.75. The minimum atomic E-state index is -3.06. The highest BCUT2D eigenvalue weighted by Crippen LogP contribution is 2.59. The number of aromatic amines is 1. The Morgan fingerprint density at radius 1 is 1.16 bits per heavy atom. The van der Waals surface area contributed by atoms with E-state index in [0.717, 1.165) is 44.5 Å². The second-order valence-electron chi connectivity index (χ2n) is 11.5. The maximum absolute atomic E-state index is 15.4. The number of benzene rings is 2. The first-order chi connectivity index (χ1) is 17.6. The SMILES string of the molecule is CCCC(C(=O)N1CC2(CC2)CC1c1ncc(-c2ccc3c(c2)C(F)(F)c2cc(Br)ccc2-3)[nH]1)C(C)C. The van der Waals surface area contributed by atoms with Crippen LogP contribution in [0.2, 0.25) is 0 Å². The second-order valence-corrected chi connectivity index (χ2v) is 12.4. The Hall–Kier alpha value is -2.54. The van der Waals surface area contributed by atoms with E-state index in [1.807, 2.05) is 6.07 Å². The van der Waals surface area contributed by atoms with Crippen LogP contribution in [0.1, 0.15) is 75.9 Å². The molecule has 0 bridgehead atoms. The van der Waals surface area contributed by atoms with Crippen molar-refractivity contribution in [3.05, 3.63) is 64.0 Å². The van der Waals surface area contributed by atoms with E-state index >= 15 is 8.78 Å². The van der Waals surface area contributed by atoms with Gasteiger partial charge in [0.2, 0.25) is 5.91 Å². The van der Waals surface area contributed by atoms with E-state index in [1.54, 1.807) is 30.5 Å². The van der Waals surface area contributed by atoms with Gasteiger partial charge in [-0.15, -0.1) is 0 Å². The zero-order valence-electron chi connectivity index (χ0n) is 21.5. The molecule has 37 heavy (non-hydrogen) atoms. The molecular weight excluding hydrogens is 536 g/mol. The van der Waals surface area contributed by atoms with Crippen molar-refractivity contribution >= 4 is 21.8 Å². The summed E-state index contributed by atoms with van der Waals surface area (Å²) in [7, 11) is 0. The normalized spacial score (nSPS) is 21.4. The van der Waals surface area contributed by atoms with Crippen LogP contribution in [0, 0.1) is 17.3 Å². The summed E-state index contributed by atoms with van der Waals surface area (Å²) in [6.45, 7) is 7.17. The highest BCUT2D eigenvalue weighted by molar-refractivity contribution is 9.10. The van der Waals surface area contributed by atoms with Crippen molar-refractivity contribution in [1.82, 2.24) is 14.9 Å². The largest absolute Gasteiger partial charge is 0.340 e. The molecule has 7 heteroatoms. The third-order valence-electron chi connectivity index (χ3n) is 8.66. The van der Waals surface area contributed by atoms with Crippen molar-refractivity contribution in [2.24, 2.45) is 17.3 Å². The Bertz CT molecular complexity index is 1380. The summed E-state index contributed by atoms with van der Waals surface area (Å²) in [5.74, 6) is -1.79. The lowest BCUT2D eigenvalue weighted by atomic mass is 9.90. The number of rotatable bonds is 6. The molecule has 2 heterocycles. The van der Waals surface area contributed by atoms with E-state index in [9.17, 15) is 4.79 Å². The molecule has 3 aliphatic rings. The van der Waals surface area contributed by atoms with Crippen molar-refractivity contribution in [2.45, 2.75) is 64.8 Å². The number of hydrogen-bond acceptors (Lipinski definition) is 2. The Balaban J connectivity index is 1.31. The molecule has 2 fully saturated rings. The number of likely N-dealkylation sites (tertiary alicyclic amines) is 1. The van der Waals surface area contributed by atoms with Crippen LogP contribution in [0.4, 0.5) is 8.78 Å². The summed E-state index contributed by atoms with van der Waals surface area (Å²) in [5.41, 5.74) is 2.77. The van der Waals surface area contributed by atoms with E-state index in [1.165, 1.54) is 6.07 Å². The number of carbonyl (C=O) groups is 1. The number of alkyl halides is 2. The third kappa shape index (κ3) is 4.05. The molecule has 1 saturated carbocycles. The Morgan fingerprint density at radius 2 is 1.86 bits per heavy atom. The summed E-state index contributed by atoms with van der Waals surface area (Å²) >= 11 is 3.33. The molecule has 3 aromatic rings. The maximum atomic E-state index is 15.4. The number of H-pyrrole nitrogens is 1. The van der Waals surface area contributed by atoms with Crippen molar-refractivity contribution in [2.75, 3.05) is 6.54 Å². The molecule has 1 spiro atoms. The minimum Gasteiger partial charge on any atom is -0.340 e. The van der Waals surface area contributed by atoms with Gasteiger partial charge in [0.15, 0.2) is 0 Å². The highest BCUT2D eigenvalue weighted by atomic mass is 79.9. The Morgan fingerprint density at radius 3 is 2.54 bits per heavy atom. The lowest BCUT2D eigenvalue weighted by molar-refractivity contribution is -0.138. The lowest BCUT2D eigenvalue weighted by Gasteiger charge is -2.29. The Labute approximate surface area is 225 Å². The van der Waals surface area contributed by atoms with E-state index in [2.05, 4.69) is 51.6 Å². The van der Waals surface area contributed by atoms with Gasteiger partial charge in [-0.25, -0.2) is 4.98 Å². The number of hydrogen-bond donors (Lipinski definition) is 1. The molecule has 194 valence electrons. The first-order valence-corrected chi connectivity index (χ1v) is 14.1. The quantitative estimate of drug-likeness (QED) is 0.327. The van der Waals surface area contributed by atoms with Crippen molar-refractivity contribution in [3.63, 3.8) is 0 Å². The molecule has 6 rings (SSSR count). The molecule has 2 atom stereocenters. The van der Waals surface area contributed by atoms with Crippen LogP contribution in [0.3, 0.4) is 0 Å². The van der Waals surface area contributed by atoms with Gasteiger partial charge in [-0.2, -0.15) is 8.78 Å². The van der Waals surface area contributed by atoms with Gasteiger partial charge < -0.3 is 9.88 Å². The molecule has 2 aliphatic carbocycles. The molecule has 1 aromatic heterocycles. The summed E-state index contributed by atoms with van der Waals surface area (Å²) in [5, 5.41) is 0. The van der Waals surface area contributed by atoms with Crippen LogP contribution >= 0.6 is 15.9 Å². The standard InChI is InChI=1S/C30H32BrF2N3O/c1-4-5-20(17(2)3)28(37)36-16-29(10-11-29)14-26(36)27-34-15-25(35-27)18-6-8-21-22-9-7-19(31)13-24(22)30(32,33)23(21)12-18/h6-9,12-13,15,17,20,26H,4-5,10-11,14,16H2,1-3H3,(H,34,35). The van der Waals surface area contributed by atoms with Gasteiger partial charge in [0.1, 0.15) is 5.82 Å². The van der Waals surface area contributed by atoms with Crippen LogP contribution in [0.25, 0.3) is 22.4 Å². The van der Waals surface area contributed by atoms with E-state index < -0.39 is 5.92 Å². The van der Waals surface area contributed by atoms with Crippen LogP contribution in [0.5, 0.6) is 0 Å². The lowest BCUT2D eigenvalue weighted by Crippen LogP contribution is -2.38. The fourth-order valence-corrected chi connectivity index (χ4v) is 6.71. The van der Waals surface area contributed by atoms with Gasteiger partial charge >= 0.3 is 0 Å². The van der Waals surface area contributed by atoms with Crippen molar-refractivity contribution in [1.29, 1.82) is 0 Å². The molecule has 4 nitrogen and oxygen atoms in total. The number of carbonyl (C=O) groups excluding carboxylic acids is 1. The number of imidazole rings is 1. The number of nitrogens with one attached hydrogen (secondary N) is 1. The first-order valence-electron chi connectivity index (χ1n) is 13.3. The topological polar surface area (TPSA) is 49.0 Å². The highest BCUT2D eigenvalue weighted by Gasteiger charge is 2.55. The average Bonchev–Trinajstić information content (AvgIpc) is 3.20. The fraction of sp³-hybridized carbons (Fsp3) is 0.467. The monoisotopic (exact) mass is 567 g/mol. The zero-order chi connectivity index (χ0) is 26.1. The van der Waals surface area contributed by atoms with Crippen LogP contribution in [-0.4, -0.2) is 27.3 Å². The van der Waals surface area contributed by atoms with Gasteiger partial charge in [0, 0.05) is 33.6 Å². The van der Waals surface area contributed by atoms with Gasteiger partial charge in [-0.3, -0.25) is 4.79 Å². The van der Waals surface area contributed by atoms with Crippen LogP contribution < -0.4 is 0 Å². The number of halogens is 3. The maximum Gasteiger partial charge on any atom is 0.299 e. The van der Waals surface area contributed by atoms with Crippen LogP contribution in [-0.2, 0) is 10.7 Å². The summed E-state index contributed by atoms with van der Waals surface area (Å²) < 4.78 is 31.4. The summed E-state index contributed by atoms with van der Waals surface area (Å²) in [6, 6.07) is 10.2. The van der Waals surface area contributed by atoms with Crippen LogP contribution in [0.15, 0.2) is 47.1 Å². The number of nitrogens with zero attached hydrogens (tertiary/aromatic N) is 2. The smallest absolute Gasteiger partial charge is 0.299 e. The van der Waals surface area contributed by atoms with E-state index in [-0.39, 0.29) is 40.3 Å². The van der Waals surface area contributed by atoms with Gasteiger partial charge in [0.05, 0.1) is 17.9 Å². The molecule has 1 saturated heterocycles. The summed E-state index contributed by atoms with van der Waals surface area (Å²) in [6.07, 6.45) is 6.80. The predicted octanol–water partition coefficient (Wildman–Crippen LogP) is 8.09. The molecule has 1 aliphatic heterocycles. The van der Waals surface area contributed by atoms with Crippen molar-refractivity contribution in [3.8, 4) is 22.4 Å². The van der Waals surface area contributed by atoms with E-state index in [4.69, 9.17) is 0 Å². The first kappa shape index (κ1) is 24.8. The van der Waals surface area contributed by atoms with Gasteiger partial charge in [0.25, 0.3) is 5.92 Å². The number of amides is 1. The Kier molecular flexibility index (Phi) is 5.86. The van der Waals surface area contributed by atoms with Gasteiger partial charge in [-0.1, -0.05) is 61.3 Å². The molecule has 1 N–H and O–H groups in total. The zero-order valence-corrected chi connectivity index (χ0v) is 23.0. The van der Waals surface area contributed by atoms with E-state index in [0.29, 0.717) is 26.9 Å². The number of aromatic nitrogens is 2.